The number of carbonyl (C=O) groups excluding carboxylic acids is 3. The first kappa shape index (κ1) is 31.3. The molecule has 2 rings (SSSR count). The fraction of sp³-hybridized carbons (Fsp3) is 0.519. The van der Waals surface area contributed by atoms with Crippen molar-refractivity contribution in [3.8, 4) is 0 Å². The number of carbonyl (C=O) groups is 5. The first-order valence-corrected chi connectivity index (χ1v) is 13.0. The molecule has 214 valence electrons. The number of carboxylic acid groups (broad SMARTS) is 2. The van der Waals surface area contributed by atoms with Crippen LogP contribution in [-0.4, -0.2) is 69.0 Å². The first-order chi connectivity index (χ1) is 18.3. The van der Waals surface area contributed by atoms with Crippen LogP contribution >= 0.6 is 0 Å². The molecule has 8 N–H and O–H groups in total. The summed E-state index contributed by atoms with van der Waals surface area (Å²) in [4.78, 5) is 64.8. The molecule has 0 spiro atoms. The molecule has 2 aromatic rings. The van der Waals surface area contributed by atoms with E-state index >= 15 is 0 Å². The standard InChI is InChI=1S/C27H39N5O7/c1-5-15(4)23(26(37)31-21(27(38)39)12-22(33)34)32-25(36)20(10-14(2)3)30-24(35)18(28)11-16-13-29-19-9-7-6-8-17(16)19/h6-9,13-15,18,20-21,23,29H,5,10-12,28H2,1-4H3,(H,30,35)(H,31,37)(H,32,36)(H,33,34)(H,38,39). The second-order valence-corrected chi connectivity index (χ2v) is 10.2. The molecule has 0 saturated heterocycles. The third-order valence-electron chi connectivity index (χ3n) is 6.58. The van der Waals surface area contributed by atoms with Crippen LogP contribution in [0.25, 0.3) is 10.9 Å². The number of aromatic amines is 1. The van der Waals surface area contributed by atoms with E-state index in [0.717, 1.165) is 16.5 Å². The molecule has 0 bridgehead atoms. The largest absolute Gasteiger partial charge is 0.481 e. The Bertz CT molecular complexity index is 1180. The normalized spacial score (nSPS) is 15.1. The van der Waals surface area contributed by atoms with Crippen LogP contribution in [0.1, 0.15) is 52.5 Å². The highest BCUT2D eigenvalue weighted by Gasteiger charge is 2.33. The second kappa shape index (κ2) is 14.3. The number of benzene rings is 1. The zero-order valence-corrected chi connectivity index (χ0v) is 22.7. The zero-order chi connectivity index (χ0) is 29.3. The molecule has 0 aliphatic heterocycles. The van der Waals surface area contributed by atoms with Crippen LogP contribution < -0.4 is 21.7 Å². The molecule has 0 aliphatic carbocycles. The molecule has 0 fully saturated rings. The van der Waals surface area contributed by atoms with Gasteiger partial charge in [0, 0.05) is 17.1 Å². The average Bonchev–Trinajstić information content (AvgIpc) is 3.27. The maximum Gasteiger partial charge on any atom is 0.326 e. The smallest absolute Gasteiger partial charge is 0.326 e. The number of para-hydroxylation sites is 1. The highest BCUT2D eigenvalue weighted by Crippen LogP contribution is 2.19. The number of amides is 3. The molecule has 12 nitrogen and oxygen atoms in total. The molecule has 5 atom stereocenters. The number of nitrogens with two attached hydrogens (primary N) is 1. The number of hydrogen-bond acceptors (Lipinski definition) is 6. The minimum absolute atomic E-state index is 0.00808. The van der Waals surface area contributed by atoms with Gasteiger partial charge in [-0.2, -0.15) is 0 Å². The van der Waals surface area contributed by atoms with E-state index in [-0.39, 0.29) is 18.8 Å². The molecule has 0 saturated carbocycles. The van der Waals surface area contributed by atoms with Crippen LogP contribution in [0.15, 0.2) is 30.5 Å². The number of H-pyrrole nitrogens is 1. The fourth-order valence-electron chi connectivity index (χ4n) is 4.20. The summed E-state index contributed by atoms with van der Waals surface area (Å²) in [5.41, 5.74) is 7.97. The van der Waals surface area contributed by atoms with E-state index in [2.05, 4.69) is 20.9 Å². The predicted octanol–water partition coefficient (Wildman–Crippen LogP) is 1.14. The molecule has 0 aliphatic rings. The molecule has 0 radical (unpaired) electrons. The van der Waals surface area contributed by atoms with Gasteiger partial charge in [0.2, 0.25) is 17.7 Å². The van der Waals surface area contributed by atoms with Gasteiger partial charge in [-0.25, -0.2) is 4.79 Å². The van der Waals surface area contributed by atoms with Gasteiger partial charge < -0.3 is 36.9 Å². The summed E-state index contributed by atoms with van der Waals surface area (Å²) in [7, 11) is 0. The number of fused-ring (bicyclic) bond motifs is 1. The SMILES string of the molecule is CCC(C)C(NC(=O)C(CC(C)C)NC(=O)C(N)Cc1c[nH]c2ccccc12)C(=O)NC(CC(=O)O)C(=O)O. The highest BCUT2D eigenvalue weighted by atomic mass is 16.4. The minimum atomic E-state index is -1.66. The Morgan fingerprint density at radius 1 is 0.923 bits per heavy atom. The zero-order valence-electron chi connectivity index (χ0n) is 22.7. The van der Waals surface area contributed by atoms with E-state index in [4.69, 9.17) is 10.8 Å². The molecule has 39 heavy (non-hydrogen) atoms. The van der Waals surface area contributed by atoms with E-state index in [0.29, 0.717) is 6.42 Å². The summed E-state index contributed by atoms with van der Waals surface area (Å²) in [5, 5.41) is 26.7. The third-order valence-corrected chi connectivity index (χ3v) is 6.58. The number of hydrogen-bond donors (Lipinski definition) is 7. The van der Waals surface area contributed by atoms with Crippen LogP contribution in [0, 0.1) is 11.8 Å². The van der Waals surface area contributed by atoms with Gasteiger partial charge in [0.15, 0.2) is 0 Å². The van der Waals surface area contributed by atoms with Crippen molar-refractivity contribution < 1.29 is 34.2 Å². The summed E-state index contributed by atoms with van der Waals surface area (Å²) in [5.74, 6) is -5.27. The molecule has 1 aromatic heterocycles. The van der Waals surface area contributed by atoms with Gasteiger partial charge in [0.1, 0.15) is 18.1 Å². The van der Waals surface area contributed by atoms with Gasteiger partial charge in [-0.3, -0.25) is 19.2 Å². The lowest BCUT2D eigenvalue weighted by Gasteiger charge is -2.28. The van der Waals surface area contributed by atoms with E-state index in [9.17, 15) is 29.1 Å². The first-order valence-electron chi connectivity index (χ1n) is 13.0. The molecule has 5 unspecified atom stereocenters. The number of nitrogens with one attached hydrogen (secondary N) is 4. The molecule has 3 amide bonds. The van der Waals surface area contributed by atoms with Crippen LogP contribution in [0.2, 0.25) is 0 Å². The van der Waals surface area contributed by atoms with Crippen molar-refractivity contribution in [2.75, 3.05) is 0 Å². The van der Waals surface area contributed by atoms with Crippen LogP contribution in [0.3, 0.4) is 0 Å². The van der Waals surface area contributed by atoms with E-state index < -0.39 is 66.2 Å². The topological polar surface area (TPSA) is 204 Å². The van der Waals surface area contributed by atoms with Gasteiger partial charge in [0.25, 0.3) is 0 Å². The summed E-state index contributed by atoms with van der Waals surface area (Å²) in [6, 6.07) is 2.87. The van der Waals surface area contributed by atoms with Crippen LogP contribution in [-0.2, 0) is 30.4 Å². The highest BCUT2D eigenvalue weighted by molar-refractivity contribution is 5.95. The predicted molar refractivity (Wildman–Crippen MR) is 145 cm³/mol. The monoisotopic (exact) mass is 545 g/mol. The second-order valence-electron chi connectivity index (χ2n) is 10.2. The molecule has 1 aromatic carbocycles. The quantitative estimate of drug-likeness (QED) is 0.172. The van der Waals surface area contributed by atoms with E-state index in [1.165, 1.54) is 0 Å². The van der Waals surface area contributed by atoms with Crippen molar-refractivity contribution in [3.05, 3.63) is 36.0 Å². The lowest BCUT2D eigenvalue weighted by atomic mass is 9.96. The minimum Gasteiger partial charge on any atom is -0.481 e. The Hall–Kier alpha value is -3.93. The summed E-state index contributed by atoms with van der Waals surface area (Å²) in [6.45, 7) is 7.24. The van der Waals surface area contributed by atoms with Gasteiger partial charge >= 0.3 is 11.9 Å². The Kier molecular flexibility index (Phi) is 11.5. The Labute approximate surface area is 227 Å². The van der Waals surface area contributed by atoms with E-state index in [1.54, 1.807) is 20.0 Å². The van der Waals surface area contributed by atoms with Crippen molar-refractivity contribution in [3.63, 3.8) is 0 Å². The number of aromatic nitrogens is 1. The van der Waals surface area contributed by atoms with Crippen molar-refractivity contribution >= 4 is 40.6 Å². The summed E-state index contributed by atoms with van der Waals surface area (Å²) < 4.78 is 0. The van der Waals surface area contributed by atoms with Crippen molar-refractivity contribution in [1.29, 1.82) is 0 Å². The maximum absolute atomic E-state index is 13.3. The fourth-order valence-corrected chi connectivity index (χ4v) is 4.20. The molecular formula is C27H39N5O7. The number of rotatable bonds is 15. The number of carboxylic acids is 2. The molecule has 12 heteroatoms. The maximum atomic E-state index is 13.3. The molecule has 1 heterocycles. The van der Waals surface area contributed by atoms with Crippen molar-refractivity contribution in [2.45, 2.75) is 77.5 Å². The Morgan fingerprint density at radius 2 is 1.56 bits per heavy atom. The van der Waals surface area contributed by atoms with Gasteiger partial charge in [-0.1, -0.05) is 52.3 Å². The van der Waals surface area contributed by atoms with Gasteiger partial charge in [-0.15, -0.1) is 0 Å². The summed E-state index contributed by atoms with van der Waals surface area (Å²) in [6.07, 6.45) is 1.95. The average molecular weight is 546 g/mol. The van der Waals surface area contributed by atoms with E-state index in [1.807, 2.05) is 38.1 Å². The lowest BCUT2D eigenvalue weighted by molar-refractivity contribution is -0.147. The third kappa shape index (κ3) is 9.10. The van der Waals surface area contributed by atoms with Crippen molar-refractivity contribution in [2.24, 2.45) is 17.6 Å². The summed E-state index contributed by atoms with van der Waals surface area (Å²) >= 11 is 0. The van der Waals surface area contributed by atoms with Crippen molar-refractivity contribution in [1.82, 2.24) is 20.9 Å². The lowest BCUT2D eigenvalue weighted by Crippen LogP contribution is -2.59. The van der Waals surface area contributed by atoms with Crippen LogP contribution in [0.5, 0.6) is 0 Å². The number of aliphatic carboxylic acids is 2. The Balaban J connectivity index is 2.15. The molecular weight excluding hydrogens is 506 g/mol. The van der Waals surface area contributed by atoms with Crippen LogP contribution in [0.4, 0.5) is 0 Å². The van der Waals surface area contributed by atoms with Gasteiger partial charge in [0.05, 0.1) is 12.5 Å². The van der Waals surface area contributed by atoms with Gasteiger partial charge in [-0.05, 0) is 36.3 Å². The Morgan fingerprint density at radius 3 is 2.15 bits per heavy atom.